The highest BCUT2D eigenvalue weighted by atomic mass is 32.2. The fraction of sp³-hybridized carbons (Fsp3) is 0.100. The molecule has 96 valence electrons. The monoisotopic (exact) mass is 270 g/mol. The first-order valence-electron chi connectivity index (χ1n) is 4.99. The molecular weight excluding hydrogens is 259 g/mol. The third-order valence-corrected chi connectivity index (χ3v) is 3.37. The van der Waals surface area contributed by atoms with Crippen molar-refractivity contribution < 1.29 is 12.8 Å². The third-order valence-electron chi connectivity index (χ3n) is 2.17. The second kappa shape index (κ2) is 4.75. The highest BCUT2D eigenvalue weighted by molar-refractivity contribution is 7.89. The van der Waals surface area contributed by atoms with Gasteiger partial charge < -0.3 is 5.43 Å². The molecule has 0 spiro atoms. The van der Waals surface area contributed by atoms with Crippen LogP contribution in [0.3, 0.4) is 0 Å². The zero-order valence-electron chi connectivity index (χ0n) is 9.46. The SMILES string of the molecule is Cn1cc(S(=O)(=O)NNc2ccc(F)cc2)cn1. The molecule has 0 atom stereocenters. The molecule has 2 N–H and O–H groups in total. The number of sulfonamides is 1. The molecule has 6 nitrogen and oxygen atoms in total. The molecule has 8 heteroatoms. The Bertz CT molecular complexity index is 636. The van der Waals surface area contributed by atoms with Crippen molar-refractivity contribution in [3.8, 4) is 0 Å². The van der Waals surface area contributed by atoms with Crippen molar-refractivity contribution in [3.63, 3.8) is 0 Å². The number of rotatable bonds is 4. The van der Waals surface area contributed by atoms with E-state index in [2.05, 4.69) is 15.4 Å². The van der Waals surface area contributed by atoms with Crippen LogP contribution >= 0.6 is 0 Å². The van der Waals surface area contributed by atoms with Gasteiger partial charge in [-0.1, -0.05) is 0 Å². The van der Waals surface area contributed by atoms with E-state index in [9.17, 15) is 12.8 Å². The van der Waals surface area contributed by atoms with Crippen LogP contribution in [0.15, 0.2) is 41.6 Å². The van der Waals surface area contributed by atoms with Crippen molar-refractivity contribution in [2.75, 3.05) is 5.43 Å². The summed E-state index contributed by atoms with van der Waals surface area (Å²) in [7, 11) is -2.07. The molecule has 0 aliphatic carbocycles. The van der Waals surface area contributed by atoms with Gasteiger partial charge in [0, 0.05) is 18.9 Å². The molecule has 0 saturated carbocycles. The average molecular weight is 270 g/mol. The molecule has 2 rings (SSSR count). The fourth-order valence-electron chi connectivity index (χ4n) is 1.26. The molecule has 0 radical (unpaired) electrons. The number of aryl methyl sites for hydroxylation is 1. The summed E-state index contributed by atoms with van der Waals surface area (Å²) in [6.45, 7) is 0. The Labute approximate surface area is 103 Å². The van der Waals surface area contributed by atoms with E-state index in [0.717, 1.165) is 0 Å². The third kappa shape index (κ3) is 2.84. The summed E-state index contributed by atoms with van der Waals surface area (Å²) < 4.78 is 37.6. The van der Waals surface area contributed by atoms with Gasteiger partial charge in [-0.15, -0.1) is 4.83 Å². The van der Waals surface area contributed by atoms with Crippen LogP contribution < -0.4 is 10.3 Å². The van der Waals surface area contributed by atoms with Crippen LogP contribution in [0.25, 0.3) is 0 Å². The first kappa shape index (κ1) is 12.5. The first-order chi connectivity index (χ1) is 8.47. The molecular formula is C10H11FN4O2S. The van der Waals surface area contributed by atoms with Crippen molar-refractivity contribution in [2.24, 2.45) is 7.05 Å². The van der Waals surface area contributed by atoms with Gasteiger partial charge in [-0.3, -0.25) is 4.68 Å². The molecule has 1 aromatic heterocycles. The molecule has 0 aliphatic rings. The van der Waals surface area contributed by atoms with Gasteiger partial charge in [0.15, 0.2) is 0 Å². The summed E-state index contributed by atoms with van der Waals surface area (Å²) in [6, 6.07) is 5.28. The largest absolute Gasteiger partial charge is 0.308 e. The zero-order valence-corrected chi connectivity index (χ0v) is 10.3. The van der Waals surface area contributed by atoms with Crippen molar-refractivity contribution in [3.05, 3.63) is 42.5 Å². The lowest BCUT2D eigenvalue weighted by molar-refractivity contribution is 0.587. The number of benzene rings is 1. The normalized spacial score (nSPS) is 11.4. The lowest BCUT2D eigenvalue weighted by Crippen LogP contribution is -2.29. The lowest BCUT2D eigenvalue weighted by atomic mass is 10.3. The predicted octanol–water partition coefficient (Wildman–Crippen LogP) is 0.865. The minimum atomic E-state index is -3.69. The van der Waals surface area contributed by atoms with Gasteiger partial charge >= 0.3 is 0 Å². The van der Waals surface area contributed by atoms with Crippen LogP contribution in [0, 0.1) is 5.82 Å². The molecule has 0 unspecified atom stereocenters. The number of nitrogens with zero attached hydrogens (tertiary/aromatic N) is 2. The second-order valence-corrected chi connectivity index (χ2v) is 5.27. The Morgan fingerprint density at radius 3 is 2.50 bits per heavy atom. The quantitative estimate of drug-likeness (QED) is 0.808. The summed E-state index contributed by atoms with van der Waals surface area (Å²) in [5.41, 5.74) is 2.91. The van der Waals surface area contributed by atoms with Gasteiger partial charge in [0.2, 0.25) is 0 Å². The maximum absolute atomic E-state index is 12.7. The highest BCUT2D eigenvalue weighted by Gasteiger charge is 2.15. The minimum Gasteiger partial charge on any atom is -0.308 e. The van der Waals surface area contributed by atoms with Crippen molar-refractivity contribution >= 4 is 15.7 Å². The Morgan fingerprint density at radius 2 is 1.94 bits per heavy atom. The summed E-state index contributed by atoms with van der Waals surface area (Å²) in [4.78, 5) is 2.21. The number of hydrogen-bond acceptors (Lipinski definition) is 4. The molecule has 2 aromatic rings. The number of hydrazine groups is 1. The Kier molecular flexibility index (Phi) is 3.30. The number of nitrogens with one attached hydrogen (secondary N) is 2. The summed E-state index contributed by atoms with van der Waals surface area (Å²) in [5.74, 6) is -0.393. The zero-order chi connectivity index (χ0) is 13.2. The smallest absolute Gasteiger partial charge is 0.260 e. The van der Waals surface area contributed by atoms with Gasteiger partial charge in [-0.25, -0.2) is 12.8 Å². The summed E-state index contributed by atoms with van der Waals surface area (Å²) >= 11 is 0. The van der Waals surface area contributed by atoms with E-state index in [1.165, 1.54) is 41.3 Å². The number of aromatic nitrogens is 2. The first-order valence-corrected chi connectivity index (χ1v) is 6.48. The molecule has 0 amide bonds. The second-order valence-electron chi connectivity index (χ2n) is 3.59. The van der Waals surface area contributed by atoms with Crippen molar-refractivity contribution in [2.45, 2.75) is 4.90 Å². The molecule has 0 fully saturated rings. The van der Waals surface area contributed by atoms with Crippen LogP contribution in [-0.2, 0) is 17.1 Å². The Hall–Kier alpha value is -1.93. The van der Waals surface area contributed by atoms with Crippen LogP contribution in [0.4, 0.5) is 10.1 Å². The van der Waals surface area contributed by atoms with E-state index in [1.54, 1.807) is 7.05 Å². The van der Waals surface area contributed by atoms with Crippen molar-refractivity contribution in [1.82, 2.24) is 14.6 Å². The van der Waals surface area contributed by atoms with E-state index in [0.29, 0.717) is 5.69 Å². The predicted molar refractivity (Wildman–Crippen MR) is 63.6 cm³/mol. The highest BCUT2D eigenvalue weighted by Crippen LogP contribution is 2.09. The molecule has 0 saturated heterocycles. The van der Waals surface area contributed by atoms with Crippen LogP contribution in [0.2, 0.25) is 0 Å². The summed E-state index contributed by atoms with van der Waals surface area (Å²) in [6.07, 6.45) is 2.60. The Balaban J connectivity index is 2.08. The van der Waals surface area contributed by atoms with E-state index >= 15 is 0 Å². The maximum atomic E-state index is 12.7. The van der Waals surface area contributed by atoms with Gasteiger partial charge in [-0.2, -0.15) is 5.10 Å². The number of hydrogen-bond donors (Lipinski definition) is 2. The summed E-state index contributed by atoms with van der Waals surface area (Å²) in [5, 5.41) is 3.77. The average Bonchev–Trinajstić information content (AvgIpc) is 2.76. The van der Waals surface area contributed by atoms with E-state index in [-0.39, 0.29) is 4.90 Å². The van der Waals surface area contributed by atoms with E-state index < -0.39 is 15.8 Å². The fourth-order valence-corrected chi connectivity index (χ4v) is 2.10. The molecule has 1 aromatic carbocycles. The van der Waals surface area contributed by atoms with Crippen LogP contribution in [0.5, 0.6) is 0 Å². The maximum Gasteiger partial charge on any atom is 0.260 e. The molecule has 1 heterocycles. The van der Waals surface area contributed by atoms with Gasteiger partial charge in [0.25, 0.3) is 10.0 Å². The Morgan fingerprint density at radius 1 is 1.28 bits per heavy atom. The number of halogens is 1. The van der Waals surface area contributed by atoms with Gasteiger partial charge in [0.05, 0.1) is 6.20 Å². The lowest BCUT2D eigenvalue weighted by Gasteiger charge is -2.07. The number of anilines is 1. The molecule has 0 aliphatic heterocycles. The van der Waals surface area contributed by atoms with Crippen LogP contribution in [0.1, 0.15) is 0 Å². The van der Waals surface area contributed by atoms with E-state index in [1.807, 2.05) is 0 Å². The van der Waals surface area contributed by atoms with Crippen molar-refractivity contribution in [1.29, 1.82) is 0 Å². The minimum absolute atomic E-state index is 0.0413. The molecule has 0 bridgehead atoms. The topological polar surface area (TPSA) is 76.0 Å². The van der Waals surface area contributed by atoms with Gasteiger partial charge in [0.1, 0.15) is 10.7 Å². The van der Waals surface area contributed by atoms with Gasteiger partial charge in [-0.05, 0) is 24.3 Å². The standard InChI is InChI=1S/C10H11FN4O2S/c1-15-7-10(6-12-15)18(16,17)14-13-9-4-2-8(11)3-5-9/h2-7,13-14H,1H3. The van der Waals surface area contributed by atoms with E-state index in [4.69, 9.17) is 0 Å². The molecule has 18 heavy (non-hydrogen) atoms. The van der Waals surface area contributed by atoms with Crippen LogP contribution in [-0.4, -0.2) is 18.2 Å².